The van der Waals surface area contributed by atoms with Crippen molar-refractivity contribution in [1.82, 2.24) is 0 Å². The summed E-state index contributed by atoms with van der Waals surface area (Å²) in [6.45, 7) is 0. The van der Waals surface area contributed by atoms with Gasteiger partial charge in [-0.1, -0.05) is 0 Å². The van der Waals surface area contributed by atoms with Crippen LogP contribution in [0.25, 0.3) is 0 Å². The second-order valence-electron chi connectivity index (χ2n) is 2.05. The predicted molar refractivity (Wildman–Crippen MR) is 26.3 cm³/mol. The number of alkyl halides is 8. The van der Waals surface area contributed by atoms with E-state index in [2.05, 4.69) is 0 Å². The Morgan fingerprint density at radius 1 is 0.857 bits per heavy atom. The van der Waals surface area contributed by atoms with Gasteiger partial charge in [0, 0.05) is 0 Å². The Labute approximate surface area is 71.0 Å². The van der Waals surface area contributed by atoms with Crippen LogP contribution in [0.3, 0.4) is 0 Å². The third-order valence-corrected chi connectivity index (χ3v) is 1.06. The normalized spacial score (nSPS) is 13.7. The molecule has 0 bridgehead atoms. The summed E-state index contributed by atoms with van der Waals surface area (Å²) < 4.78 is 92.3. The predicted octanol–water partition coefficient (Wildman–Crippen LogP) is 2.50. The zero-order chi connectivity index (χ0) is 11.8. The highest BCUT2D eigenvalue weighted by Crippen LogP contribution is 2.45. The third-order valence-electron chi connectivity index (χ3n) is 1.06. The highest BCUT2D eigenvalue weighted by Gasteiger charge is 2.67. The quantitative estimate of drug-likeness (QED) is 0.497. The van der Waals surface area contributed by atoms with Crippen molar-refractivity contribution in [3.8, 4) is 0 Å². The molecular formula is C5F8O. The summed E-state index contributed by atoms with van der Waals surface area (Å²) in [4.78, 5) is 9.38. The summed E-state index contributed by atoms with van der Waals surface area (Å²) in [5, 5.41) is 0. The van der Waals surface area contributed by atoms with E-state index in [1.165, 1.54) is 0 Å². The van der Waals surface area contributed by atoms with Crippen LogP contribution in [0.15, 0.2) is 5.57 Å². The highest BCUT2D eigenvalue weighted by atomic mass is 19.4. The average Bonchev–Trinajstić information content (AvgIpc) is 1.80. The number of halogens is 8. The molecule has 0 aliphatic carbocycles. The molecule has 0 aliphatic rings. The van der Waals surface area contributed by atoms with Gasteiger partial charge in [-0.25, -0.2) is 4.79 Å². The van der Waals surface area contributed by atoms with Crippen LogP contribution in [-0.2, 0) is 4.79 Å². The van der Waals surface area contributed by atoms with Crippen molar-refractivity contribution in [3.05, 3.63) is 5.57 Å². The molecule has 0 aromatic carbocycles. The Morgan fingerprint density at radius 2 is 1.21 bits per heavy atom. The third kappa shape index (κ3) is 2.22. The van der Waals surface area contributed by atoms with Gasteiger partial charge in [0.15, 0.2) is 5.57 Å². The SMILES string of the molecule is O=C=C(C(F)(F)F)C(F)(F)C(F)(F)F. The Hall–Kier alpha value is -1.11. The van der Waals surface area contributed by atoms with E-state index in [4.69, 9.17) is 0 Å². The van der Waals surface area contributed by atoms with Crippen LogP contribution in [0.2, 0.25) is 0 Å². The van der Waals surface area contributed by atoms with Crippen molar-refractivity contribution in [2.45, 2.75) is 18.3 Å². The summed E-state index contributed by atoms with van der Waals surface area (Å²) in [7, 11) is 0. The van der Waals surface area contributed by atoms with Crippen molar-refractivity contribution in [2.24, 2.45) is 0 Å². The van der Waals surface area contributed by atoms with Gasteiger partial charge in [-0.05, 0) is 0 Å². The molecule has 1 nitrogen and oxygen atoms in total. The monoisotopic (exact) mass is 228 g/mol. The second kappa shape index (κ2) is 3.23. The van der Waals surface area contributed by atoms with Crippen LogP contribution >= 0.6 is 0 Å². The van der Waals surface area contributed by atoms with Gasteiger partial charge in [0.25, 0.3) is 0 Å². The Balaban J connectivity index is 5.40. The van der Waals surface area contributed by atoms with Crippen LogP contribution in [-0.4, -0.2) is 24.2 Å². The molecule has 0 fully saturated rings. The Kier molecular flexibility index (Phi) is 2.97. The molecule has 0 amide bonds. The second-order valence-corrected chi connectivity index (χ2v) is 2.05. The van der Waals surface area contributed by atoms with Crippen molar-refractivity contribution < 1.29 is 39.9 Å². The number of rotatable bonds is 1. The van der Waals surface area contributed by atoms with E-state index >= 15 is 0 Å². The summed E-state index contributed by atoms with van der Waals surface area (Å²) in [5.41, 5.74) is -3.59. The first kappa shape index (κ1) is 12.9. The first-order chi connectivity index (χ1) is 5.94. The molecular weight excluding hydrogens is 228 g/mol. The van der Waals surface area contributed by atoms with Crippen molar-refractivity contribution >= 4 is 5.94 Å². The number of carbonyl (C=O) groups excluding carboxylic acids is 1. The van der Waals surface area contributed by atoms with Gasteiger partial charge in [-0.3, -0.25) is 0 Å². The van der Waals surface area contributed by atoms with Gasteiger partial charge < -0.3 is 0 Å². The molecule has 0 saturated heterocycles. The minimum atomic E-state index is -6.48. The first-order valence-electron chi connectivity index (χ1n) is 2.72. The molecule has 0 N–H and O–H groups in total. The lowest BCUT2D eigenvalue weighted by molar-refractivity contribution is -0.280. The fourth-order valence-corrected chi connectivity index (χ4v) is 0.442. The average molecular weight is 228 g/mol. The largest absolute Gasteiger partial charge is 0.458 e. The van der Waals surface area contributed by atoms with E-state index in [1.54, 1.807) is 0 Å². The summed E-state index contributed by atoms with van der Waals surface area (Å²) in [5.74, 6) is -6.68. The highest BCUT2D eigenvalue weighted by molar-refractivity contribution is 5.57. The molecule has 14 heavy (non-hydrogen) atoms. The van der Waals surface area contributed by atoms with Gasteiger partial charge in [-0.2, -0.15) is 35.1 Å². The van der Waals surface area contributed by atoms with E-state index < -0.39 is 29.8 Å². The minimum absolute atomic E-state index is 0.440. The lowest BCUT2D eigenvalue weighted by atomic mass is 10.1. The van der Waals surface area contributed by atoms with Gasteiger partial charge >= 0.3 is 18.3 Å². The molecule has 0 aliphatic heterocycles. The molecule has 0 radical (unpaired) electrons. The molecule has 0 spiro atoms. The molecule has 0 atom stereocenters. The van der Waals surface area contributed by atoms with Gasteiger partial charge in [0.2, 0.25) is 0 Å². The summed E-state index contributed by atoms with van der Waals surface area (Å²) in [6.07, 6.45) is -12.5. The zero-order valence-corrected chi connectivity index (χ0v) is 5.93. The van der Waals surface area contributed by atoms with E-state index in [9.17, 15) is 39.9 Å². The topological polar surface area (TPSA) is 17.1 Å². The first-order valence-corrected chi connectivity index (χ1v) is 2.72. The van der Waals surface area contributed by atoms with Crippen LogP contribution in [0.4, 0.5) is 35.1 Å². The van der Waals surface area contributed by atoms with Crippen molar-refractivity contribution in [3.63, 3.8) is 0 Å². The number of hydrogen-bond acceptors (Lipinski definition) is 1. The molecule has 9 heteroatoms. The fourth-order valence-electron chi connectivity index (χ4n) is 0.442. The molecule has 0 saturated carbocycles. The molecule has 82 valence electrons. The van der Waals surface area contributed by atoms with Crippen LogP contribution < -0.4 is 0 Å². The molecule has 0 heterocycles. The zero-order valence-electron chi connectivity index (χ0n) is 5.93. The lowest BCUT2D eigenvalue weighted by Gasteiger charge is -2.21. The van der Waals surface area contributed by atoms with Crippen molar-refractivity contribution in [1.29, 1.82) is 0 Å². The van der Waals surface area contributed by atoms with E-state index in [1.807, 2.05) is 0 Å². The Morgan fingerprint density at radius 3 is 1.29 bits per heavy atom. The van der Waals surface area contributed by atoms with Gasteiger partial charge in [0.1, 0.15) is 5.94 Å². The standard InChI is InChI=1S/C5F8O/c6-3(7,5(11,12)13)2(1-14)4(8,9)10. The van der Waals surface area contributed by atoms with Crippen LogP contribution in [0, 0.1) is 0 Å². The molecule has 0 aromatic rings. The molecule has 0 aromatic heterocycles. The van der Waals surface area contributed by atoms with Crippen molar-refractivity contribution in [2.75, 3.05) is 0 Å². The minimum Gasteiger partial charge on any atom is -0.233 e. The lowest BCUT2D eigenvalue weighted by Crippen LogP contribution is -2.43. The smallest absolute Gasteiger partial charge is 0.233 e. The maximum atomic E-state index is 11.9. The molecule has 0 unspecified atom stereocenters. The Bertz CT molecular complexity index is 264. The van der Waals surface area contributed by atoms with Gasteiger partial charge in [-0.15, -0.1) is 0 Å². The number of hydrogen-bond donors (Lipinski definition) is 0. The molecule has 0 rings (SSSR count). The maximum absolute atomic E-state index is 11.9. The van der Waals surface area contributed by atoms with E-state index in [-0.39, 0.29) is 0 Å². The maximum Gasteiger partial charge on any atom is 0.458 e. The summed E-state index contributed by atoms with van der Waals surface area (Å²) >= 11 is 0. The van der Waals surface area contributed by atoms with Crippen LogP contribution in [0.5, 0.6) is 0 Å². The van der Waals surface area contributed by atoms with Gasteiger partial charge in [0.05, 0.1) is 0 Å². The summed E-state index contributed by atoms with van der Waals surface area (Å²) in [6, 6.07) is 0. The fraction of sp³-hybridized carbons (Fsp3) is 0.600. The number of allylic oxidation sites excluding steroid dienone is 1. The van der Waals surface area contributed by atoms with E-state index in [0.29, 0.717) is 0 Å². The van der Waals surface area contributed by atoms with Crippen LogP contribution in [0.1, 0.15) is 0 Å². The van der Waals surface area contributed by atoms with E-state index in [0.717, 1.165) is 0 Å².